The van der Waals surface area contributed by atoms with Crippen LogP contribution in [-0.2, 0) is 28.9 Å². The van der Waals surface area contributed by atoms with Gasteiger partial charge in [-0.2, -0.15) is 0 Å². The molecule has 0 heterocycles. The summed E-state index contributed by atoms with van der Waals surface area (Å²) in [5, 5.41) is 0. The molecule has 5 heteroatoms. The van der Waals surface area contributed by atoms with E-state index in [4.69, 9.17) is 5.63 Å². The molecule has 0 unspecified atom stereocenters. The summed E-state index contributed by atoms with van der Waals surface area (Å²) < 4.78 is 17.1. The van der Waals surface area contributed by atoms with Crippen molar-refractivity contribution in [3.63, 3.8) is 0 Å². The van der Waals surface area contributed by atoms with Crippen molar-refractivity contribution in [3.8, 4) is 0 Å². The van der Waals surface area contributed by atoms with Gasteiger partial charge in [0.15, 0.2) is 0 Å². The summed E-state index contributed by atoms with van der Waals surface area (Å²) in [6, 6.07) is 0. The number of hydrogen-bond donors (Lipinski definition) is 0. The first-order valence-corrected chi connectivity index (χ1v) is 2.42. The van der Waals surface area contributed by atoms with Crippen molar-refractivity contribution in [2.24, 2.45) is 0 Å². The fraction of sp³-hybridized carbons (Fsp3) is 0. The van der Waals surface area contributed by atoms with Crippen molar-refractivity contribution in [2.45, 2.75) is 0 Å². The Kier molecular flexibility index (Phi) is 54.9. The molecule has 26 valence electrons. The van der Waals surface area contributed by atoms with Crippen LogP contribution in [0.5, 0.6) is 0 Å². The average molecular weight is 181 g/mol. The van der Waals surface area contributed by atoms with Crippen molar-refractivity contribution in [3.05, 3.63) is 0 Å². The molecule has 0 aromatic carbocycles. The van der Waals surface area contributed by atoms with Gasteiger partial charge in [0.1, 0.15) is 0 Å². The Morgan fingerprint density at radius 3 is 1.20 bits per heavy atom. The van der Waals surface area contributed by atoms with Gasteiger partial charge >= 0.3 is 66.6 Å². The molecule has 0 saturated heterocycles. The van der Waals surface area contributed by atoms with Crippen LogP contribution >= 0.6 is 0 Å². The van der Waals surface area contributed by atoms with Crippen LogP contribution in [0.15, 0.2) is 0 Å². The second kappa shape index (κ2) is 17.3. The maximum atomic E-state index is 8.54. The van der Waals surface area contributed by atoms with E-state index in [1.54, 1.807) is 0 Å². The summed E-state index contributed by atoms with van der Waals surface area (Å²) in [7, 11) is 0. The number of rotatable bonds is 0. The summed E-state index contributed by atoms with van der Waals surface area (Å²) in [6.07, 6.45) is 0. The Labute approximate surface area is 70.9 Å². The summed E-state index contributed by atoms with van der Waals surface area (Å²) in [5.41, 5.74) is 0. The van der Waals surface area contributed by atoms with E-state index >= 15 is 0 Å². The third-order valence-electron chi connectivity index (χ3n) is 0. The van der Waals surface area contributed by atoms with Crippen LogP contribution in [0.4, 0.5) is 0 Å². The minimum atomic E-state index is -2.27. The Balaban J connectivity index is -0.0000000200. The van der Waals surface area contributed by atoms with Crippen LogP contribution in [0.25, 0.3) is 0 Å². The van der Waals surface area contributed by atoms with Crippen LogP contribution in [0, 0.1) is 0 Å². The van der Waals surface area contributed by atoms with E-state index in [1.807, 2.05) is 0 Å². The molecular formula is H2CaO3Zr. The maximum absolute atomic E-state index is 8.54. The molecule has 0 aliphatic rings. The van der Waals surface area contributed by atoms with Gasteiger partial charge in [0.05, 0.1) is 0 Å². The third kappa shape index (κ3) is 27.0. The molecule has 0 aromatic rings. The van der Waals surface area contributed by atoms with Crippen LogP contribution < -0.4 is 0 Å². The van der Waals surface area contributed by atoms with Crippen LogP contribution in [0.3, 0.4) is 0 Å². The molecule has 0 aromatic heterocycles. The van der Waals surface area contributed by atoms with E-state index in [2.05, 4.69) is 0 Å². The van der Waals surface area contributed by atoms with Gasteiger partial charge in [0.2, 0.25) is 0 Å². The van der Waals surface area contributed by atoms with E-state index in [-0.39, 0.29) is 43.2 Å². The normalized spacial score (nSPS) is 1.60. The van der Waals surface area contributed by atoms with E-state index in [1.165, 1.54) is 0 Å². The molecule has 0 bridgehead atoms. The molecule has 0 saturated carbocycles. The summed E-state index contributed by atoms with van der Waals surface area (Å²) >= 11 is -2.27. The summed E-state index contributed by atoms with van der Waals surface area (Å²) in [6.45, 7) is 0. The van der Waals surface area contributed by atoms with Crippen LogP contribution in [0.2, 0.25) is 0 Å². The van der Waals surface area contributed by atoms with Gasteiger partial charge in [0.25, 0.3) is 0 Å². The molecule has 0 fully saturated rings. The zero-order chi connectivity index (χ0) is 2.71. The Bertz CT molecular complexity index is 27.9. The van der Waals surface area contributed by atoms with Crippen molar-refractivity contribution < 1.29 is 34.3 Å². The predicted octanol–water partition coefficient (Wildman–Crippen LogP) is -1.07. The Morgan fingerprint density at radius 2 is 1.20 bits per heavy atom. The first kappa shape index (κ1) is 15.9. The van der Waals surface area contributed by atoms with Crippen LogP contribution in [0.1, 0.15) is 0 Å². The van der Waals surface area contributed by atoms with Crippen molar-refractivity contribution in [1.29, 1.82) is 0 Å². The Morgan fingerprint density at radius 1 is 1.20 bits per heavy atom. The van der Waals surface area contributed by atoms with Gasteiger partial charge in [-0.15, -0.1) is 0 Å². The van der Waals surface area contributed by atoms with E-state index in [9.17, 15) is 0 Å². The molecule has 0 spiro atoms. The molecule has 0 rings (SSSR count). The minimum absolute atomic E-state index is 0. The monoisotopic (exact) mass is 180 g/mol. The molecule has 5 heavy (non-hydrogen) atoms. The van der Waals surface area contributed by atoms with E-state index < -0.39 is 23.2 Å². The molecule has 3 nitrogen and oxygen atoms in total. The Hall–Kier alpha value is 1.70. The van der Waals surface area contributed by atoms with Gasteiger partial charge in [-0.25, -0.2) is 0 Å². The molecule has 0 aliphatic heterocycles. The third-order valence-corrected chi connectivity index (χ3v) is 0. The fourth-order valence-corrected chi connectivity index (χ4v) is 0. The van der Waals surface area contributed by atoms with Crippen molar-refractivity contribution in [2.75, 3.05) is 0 Å². The first-order chi connectivity index (χ1) is 1.41. The quantitative estimate of drug-likeness (QED) is 0.447. The second-order valence-corrected chi connectivity index (χ2v) is 0.493. The average Bonchev–Trinajstić information content (AvgIpc) is 0.918. The standard InChI is InChI=1S/Ca.H2O.2O.Zr.H/h;1H2;;;;/q+1;;;;;/p-1. The van der Waals surface area contributed by atoms with E-state index in [0.29, 0.717) is 0 Å². The molecule has 1 N–H and O–H groups in total. The first-order valence-electron chi connectivity index (χ1n) is 0.408. The SMILES string of the molecule is [CaH+].[OH-].[O]=[Zr]=[O]. The van der Waals surface area contributed by atoms with Crippen molar-refractivity contribution >= 4 is 37.7 Å². The van der Waals surface area contributed by atoms with Crippen molar-refractivity contribution in [1.82, 2.24) is 0 Å². The topological polar surface area (TPSA) is 64.1 Å². The zero-order valence-electron chi connectivity index (χ0n) is 2.76. The van der Waals surface area contributed by atoms with Gasteiger partial charge in [-0.3, -0.25) is 0 Å². The van der Waals surface area contributed by atoms with Gasteiger partial charge in [-0.05, 0) is 0 Å². The predicted molar refractivity (Wildman–Crippen MR) is 10.5 cm³/mol. The molecule has 0 aliphatic carbocycles. The summed E-state index contributed by atoms with van der Waals surface area (Å²) in [5.74, 6) is 0. The molecule has 0 atom stereocenters. The van der Waals surface area contributed by atoms with Gasteiger partial charge in [-0.1, -0.05) is 0 Å². The molecular weight excluding hydrogens is 179 g/mol. The zero-order valence-corrected chi connectivity index (χ0v) is 8.34. The molecule has 0 radical (unpaired) electrons. The second-order valence-electron chi connectivity index (χ2n) is 0.0833. The number of hydrogen-bond acceptors (Lipinski definition) is 3. The van der Waals surface area contributed by atoms with Crippen LogP contribution in [-0.4, -0.2) is 43.2 Å². The van der Waals surface area contributed by atoms with Gasteiger partial charge < -0.3 is 5.48 Å². The fourth-order valence-electron chi connectivity index (χ4n) is 0. The van der Waals surface area contributed by atoms with E-state index in [0.717, 1.165) is 0 Å². The summed E-state index contributed by atoms with van der Waals surface area (Å²) in [4.78, 5) is 0. The van der Waals surface area contributed by atoms with Gasteiger partial charge in [0, 0.05) is 0 Å². The molecule has 0 amide bonds.